The molecule has 1 aromatic heterocycles. The van der Waals surface area contributed by atoms with Gasteiger partial charge in [-0.2, -0.15) is 0 Å². The predicted molar refractivity (Wildman–Crippen MR) is 72.8 cm³/mol. The summed E-state index contributed by atoms with van der Waals surface area (Å²) in [5.74, 6) is -2.41. The highest BCUT2D eigenvalue weighted by Gasteiger charge is 2.36. The number of nitrogens with one attached hydrogen (secondary N) is 1. The normalized spacial score (nSPS) is 20.1. The third-order valence-electron chi connectivity index (χ3n) is 3.27. The van der Waals surface area contributed by atoms with Crippen molar-refractivity contribution in [2.75, 3.05) is 18.1 Å². The number of aliphatic carboxylic acids is 1. The summed E-state index contributed by atoms with van der Waals surface area (Å²) in [5, 5.41) is 8.91. The smallest absolute Gasteiger partial charge is 0.323 e. The van der Waals surface area contributed by atoms with Crippen molar-refractivity contribution in [2.24, 2.45) is 0 Å². The lowest BCUT2D eigenvalue weighted by atomic mass is 10.1. The SMILES string of the molecule is O=C(O)CN(C(=O)c1c[nH]ccc1=O)C1CCS(=O)(=O)C1. The Bertz CT molecular complexity index is 723. The fourth-order valence-corrected chi connectivity index (χ4v) is 4.00. The second kappa shape index (κ2) is 5.68. The van der Waals surface area contributed by atoms with Gasteiger partial charge in [0.15, 0.2) is 15.3 Å². The van der Waals surface area contributed by atoms with E-state index in [1.54, 1.807) is 0 Å². The number of pyridine rings is 1. The summed E-state index contributed by atoms with van der Waals surface area (Å²) in [4.78, 5) is 38.5. The minimum Gasteiger partial charge on any atom is -0.480 e. The van der Waals surface area contributed by atoms with Crippen LogP contribution in [-0.4, -0.2) is 59.4 Å². The highest BCUT2D eigenvalue weighted by Crippen LogP contribution is 2.19. The molecule has 0 bridgehead atoms. The highest BCUT2D eigenvalue weighted by atomic mass is 32.2. The zero-order chi connectivity index (χ0) is 15.6. The number of H-pyrrole nitrogens is 1. The Balaban J connectivity index is 2.33. The second-order valence-corrected chi connectivity index (χ2v) is 7.03. The maximum absolute atomic E-state index is 12.3. The summed E-state index contributed by atoms with van der Waals surface area (Å²) in [6.07, 6.45) is 2.70. The van der Waals surface area contributed by atoms with Crippen LogP contribution in [0.5, 0.6) is 0 Å². The molecule has 0 radical (unpaired) electrons. The number of sulfone groups is 1. The fourth-order valence-electron chi connectivity index (χ4n) is 2.27. The number of aromatic amines is 1. The van der Waals surface area contributed by atoms with Gasteiger partial charge in [-0.05, 0) is 6.42 Å². The molecule has 0 aromatic carbocycles. The molecule has 114 valence electrons. The summed E-state index contributed by atoms with van der Waals surface area (Å²) in [6, 6.07) is 0.426. The number of carboxylic acids is 1. The van der Waals surface area contributed by atoms with E-state index in [0.29, 0.717) is 0 Å². The molecule has 0 spiro atoms. The Labute approximate surface area is 120 Å². The number of amides is 1. The van der Waals surface area contributed by atoms with Crippen LogP contribution in [0.4, 0.5) is 0 Å². The van der Waals surface area contributed by atoms with Crippen molar-refractivity contribution in [1.82, 2.24) is 9.88 Å². The number of aromatic nitrogens is 1. The van der Waals surface area contributed by atoms with Crippen LogP contribution in [-0.2, 0) is 14.6 Å². The largest absolute Gasteiger partial charge is 0.480 e. The number of hydrogen-bond acceptors (Lipinski definition) is 5. The van der Waals surface area contributed by atoms with Crippen LogP contribution in [0.25, 0.3) is 0 Å². The molecule has 1 aromatic rings. The summed E-state index contributed by atoms with van der Waals surface area (Å²) < 4.78 is 23.0. The number of rotatable bonds is 4. The Hall–Kier alpha value is -2.16. The van der Waals surface area contributed by atoms with Gasteiger partial charge in [-0.3, -0.25) is 14.4 Å². The highest BCUT2D eigenvalue weighted by molar-refractivity contribution is 7.91. The van der Waals surface area contributed by atoms with Crippen LogP contribution in [0.1, 0.15) is 16.8 Å². The van der Waals surface area contributed by atoms with Crippen molar-refractivity contribution in [2.45, 2.75) is 12.5 Å². The van der Waals surface area contributed by atoms with Crippen molar-refractivity contribution in [3.8, 4) is 0 Å². The molecular weight excluding hydrogens is 300 g/mol. The molecule has 1 saturated heterocycles. The van der Waals surface area contributed by atoms with Gasteiger partial charge in [0, 0.05) is 24.5 Å². The van der Waals surface area contributed by atoms with Gasteiger partial charge in [-0.25, -0.2) is 8.42 Å². The Morgan fingerprint density at radius 1 is 1.43 bits per heavy atom. The van der Waals surface area contributed by atoms with Crippen molar-refractivity contribution in [3.05, 3.63) is 34.2 Å². The first kappa shape index (κ1) is 15.2. The van der Waals surface area contributed by atoms with Crippen molar-refractivity contribution in [1.29, 1.82) is 0 Å². The van der Waals surface area contributed by atoms with Crippen LogP contribution in [0.15, 0.2) is 23.3 Å². The third-order valence-corrected chi connectivity index (χ3v) is 5.02. The Kier molecular flexibility index (Phi) is 4.12. The molecule has 21 heavy (non-hydrogen) atoms. The predicted octanol–water partition coefficient (Wildman–Crippen LogP) is -0.911. The zero-order valence-electron chi connectivity index (χ0n) is 11.0. The fraction of sp³-hybridized carbons (Fsp3) is 0.417. The van der Waals surface area contributed by atoms with E-state index in [9.17, 15) is 22.8 Å². The molecule has 0 saturated carbocycles. The van der Waals surface area contributed by atoms with Gasteiger partial charge < -0.3 is 15.0 Å². The van der Waals surface area contributed by atoms with Gasteiger partial charge in [-0.15, -0.1) is 0 Å². The van der Waals surface area contributed by atoms with Gasteiger partial charge >= 0.3 is 5.97 Å². The van der Waals surface area contributed by atoms with Crippen LogP contribution >= 0.6 is 0 Å². The topological polar surface area (TPSA) is 125 Å². The molecule has 1 aliphatic heterocycles. The van der Waals surface area contributed by atoms with E-state index in [1.807, 2.05) is 0 Å². The molecule has 1 amide bonds. The molecule has 2 heterocycles. The Morgan fingerprint density at radius 3 is 2.67 bits per heavy atom. The second-order valence-electron chi connectivity index (χ2n) is 4.81. The first-order valence-electron chi connectivity index (χ1n) is 6.20. The minimum atomic E-state index is -3.27. The van der Waals surface area contributed by atoms with Crippen molar-refractivity contribution in [3.63, 3.8) is 0 Å². The van der Waals surface area contributed by atoms with Gasteiger partial charge in [0.25, 0.3) is 5.91 Å². The van der Waals surface area contributed by atoms with Crippen LogP contribution in [0.3, 0.4) is 0 Å². The summed E-state index contributed by atoms with van der Waals surface area (Å²) >= 11 is 0. The molecule has 8 nitrogen and oxygen atoms in total. The van der Waals surface area contributed by atoms with Crippen LogP contribution < -0.4 is 5.43 Å². The van der Waals surface area contributed by atoms with E-state index in [0.717, 1.165) is 11.0 Å². The van der Waals surface area contributed by atoms with E-state index < -0.39 is 39.7 Å². The lowest BCUT2D eigenvalue weighted by Gasteiger charge is -2.26. The first-order valence-corrected chi connectivity index (χ1v) is 8.02. The van der Waals surface area contributed by atoms with E-state index in [1.165, 1.54) is 12.4 Å². The number of nitrogens with zero attached hydrogens (tertiary/aromatic N) is 1. The van der Waals surface area contributed by atoms with Gasteiger partial charge in [0.2, 0.25) is 0 Å². The lowest BCUT2D eigenvalue weighted by molar-refractivity contribution is -0.138. The van der Waals surface area contributed by atoms with E-state index in [2.05, 4.69) is 4.98 Å². The molecular formula is C12H14N2O6S. The van der Waals surface area contributed by atoms with Crippen molar-refractivity contribution >= 4 is 21.7 Å². The number of carbonyl (C=O) groups is 2. The maximum Gasteiger partial charge on any atom is 0.323 e. The number of carboxylic acid groups (broad SMARTS) is 1. The molecule has 2 N–H and O–H groups in total. The minimum absolute atomic E-state index is 0.0911. The average Bonchev–Trinajstić information content (AvgIpc) is 2.76. The van der Waals surface area contributed by atoms with Gasteiger partial charge in [-0.1, -0.05) is 0 Å². The maximum atomic E-state index is 12.3. The molecule has 1 fully saturated rings. The lowest BCUT2D eigenvalue weighted by Crippen LogP contribution is -2.45. The van der Waals surface area contributed by atoms with E-state index >= 15 is 0 Å². The monoisotopic (exact) mass is 314 g/mol. The molecule has 1 aliphatic rings. The summed E-state index contributed by atoms with van der Waals surface area (Å²) in [5.41, 5.74) is -0.752. The molecule has 9 heteroatoms. The van der Waals surface area contributed by atoms with Crippen LogP contribution in [0.2, 0.25) is 0 Å². The number of hydrogen-bond donors (Lipinski definition) is 2. The molecule has 1 unspecified atom stereocenters. The van der Waals surface area contributed by atoms with Gasteiger partial charge in [0.05, 0.1) is 11.5 Å². The third kappa shape index (κ3) is 3.48. The van der Waals surface area contributed by atoms with Crippen molar-refractivity contribution < 1.29 is 23.1 Å². The average molecular weight is 314 g/mol. The quantitative estimate of drug-likeness (QED) is 0.741. The number of carbonyl (C=O) groups excluding carboxylic acids is 1. The molecule has 1 atom stereocenters. The van der Waals surface area contributed by atoms with E-state index in [-0.39, 0.29) is 23.5 Å². The first-order chi connectivity index (χ1) is 9.80. The summed E-state index contributed by atoms with van der Waals surface area (Å²) in [6.45, 7) is -0.645. The van der Waals surface area contributed by atoms with Gasteiger partial charge in [0.1, 0.15) is 12.1 Å². The Morgan fingerprint density at radius 2 is 2.14 bits per heavy atom. The molecule has 2 rings (SSSR count). The zero-order valence-corrected chi connectivity index (χ0v) is 11.8. The van der Waals surface area contributed by atoms with Crippen LogP contribution in [0, 0.1) is 0 Å². The van der Waals surface area contributed by atoms with E-state index in [4.69, 9.17) is 5.11 Å². The summed E-state index contributed by atoms with van der Waals surface area (Å²) in [7, 11) is -3.27. The standard InChI is InChI=1S/C12H14N2O6S/c15-10-1-3-13-5-9(10)12(18)14(6-11(16)17)8-2-4-21(19,20)7-8/h1,3,5,8H,2,4,6-7H2,(H,13,15)(H,16,17). The molecule has 0 aliphatic carbocycles.